The number of rotatable bonds is 18. The van der Waals surface area contributed by atoms with Gasteiger partial charge in [0.1, 0.15) is 0 Å². The Morgan fingerprint density at radius 1 is 0.548 bits per heavy atom. The van der Waals surface area contributed by atoms with Crippen molar-refractivity contribution in [3.05, 3.63) is 83.9 Å². The van der Waals surface area contributed by atoms with Crippen molar-refractivity contribution < 1.29 is 0 Å². The normalized spacial score (nSPS) is 11.5. The van der Waals surface area contributed by atoms with Crippen LogP contribution in [-0.2, 0) is 13.1 Å². The van der Waals surface area contributed by atoms with E-state index in [1.807, 2.05) is 0 Å². The third-order valence-electron chi connectivity index (χ3n) is 5.98. The standard InChI is InChI=1S/C30H45N/c1-2-3-4-5-6-7-8-9-10-11-12-13-14-21-26-31(27-29-22-17-15-18-23-29)28-30-24-19-16-20-25-30/h9-10,15-20,22-25H,2-8,11-14,21,26-28H2,1H3/b10-9+. The van der Waals surface area contributed by atoms with E-state index in [-0.39, 0.29) is 0 Å². The van der Waals surface area contributed by atoms with E-state index in [0.717, 1.165) is 13.1 Å². The molecule has 0 unspecified atom stereocenters. The van der Waals surface area contributed by atoms with Crippen LogP contribution in [0, 0.1) is 0 Å². The lowest BCUT2D eigenvalue weighted by molar-refractivity contribution is 0.250. The van der Waals surface area contributed by atoms with Gasteiger partial charge in [0.05, 0.1) is 0 Å². The van der Waals surface area contributed by atoms with Crippen LogP contribution in [0.1, 0.15) is 95.1 Å². The van der Waals surface area contributed by atoms with E-state index in [4.69, 9.17) is 0 Å². The lowest BCUT2D eigenvalue weighted by Crippen LogP contribution is -2.24. The summed E-state index contributed by atoms with van der Waals surface area (Å²) in [6.07, 6.45) is 21.1. The van der Waals surface area contributed by atoms with E-state index >= 15 is 0 Å². The summed E-state index contributed by atoms with van der Waals surface area (Å²) in [6, 6.07) is 21.8. The molecule has 170 valence electrons. The van der Waals surface area contributed by atoms with E-state index in [1.165, 1.54) is 94.7 Å². The molecule has 0 aliphatic carbocycles. The van der Waals surface area contributed by atoms with Crippen molar-refractivity contribution in [2.75, 3.05) is 6.54 Å². The molecule has 2 rings (SSSR count). The van der Waals surface area contributed by atoms with E-state index in [0.29, 0.717) is 0 Å². The largest absolute Gasteiger partial charge is 0.295 e. The predicted octanol–water partition coefficient (Wildman–Crippen LogP) is 8.95. The summed E-state index contributed by atoms with van der Waals surface area (Å²) in [6.45, 7) is 5.54. The molecule has 0 radical (unpaired) electrons. The fourth-order valence-corrected chi connectivity index (χ4v) is 4.13. The minimum atomic E-state index is 1.04. The number of nitrogens with zero attached hydrogens (tertiary/aromatic N) is 1. The first-order chi connectivity index (χ1) is 15.4. The molecule has 0 aromatic heterocycles. The van der Waals surface area contributed by atoms with Gasteiger partial charge in [0.2, 0.25) is 0 Å². The van der Waals surface area contributed by atoms with Crippen LogP contribution >= 0.6 is 0 Å². The predicted molar refractivity (Wildman–Crippen MR) is 137 cm³/mol. The summed E-state index contributed by atoms with van der Waals surface area (Å²) in [5, 5.41) is 0. The SMILES string of the molecule is CCCCCCCC/C=C/CCCCCCN(Cc1ccccc1)Cc1ccccc1. The second-order valence-electron chi connectivity index (χ2n) is 8.91. The molecule has 2 aromatic carbocycles. The first kappa shape index (κ1) is 25.4. The Bertz CT molecular complexity index is 620. The summed E-state index contributed by atoms with van der Waals surface area (Å²) in [4.78, 5) is 2.60. The Balaban J connectivity index is 1.56. The summed E-state index contributed by atoms with van der Waals surface area (Å²) >= 11 is 0. The van der Waals surface area contributed by atoms with E-state index in [1.54, 1.807) is 0 Å². The van der Waals surface area contributed by atoms with Crippen LogP contribution in [0.2, 0.25) is 0 Å². The first-order valence-electron chi connectivity index (χ1n) is 12.8. The zero-order valence-corrected chi connectivity index (χ0v) is 20.0. The van der Waals surface area contributed by atoms with Crippen LogP contribution in [0.25, 0.3) is 0 Å². The summed E-state index contributed by atoms with van der Waals surface area (Å²) < 4.78 is 0. The first-order valence-corrected chi connectivity index (χ1v) is 12.8. The highest BCUT2D eigenvalue weighted by atomic mass is 15.1. The fourth-order valence-electron chi connectivity index (χ4n) is 4.13. The maximum Gasteiger partial charge on any atom is 0.0237 e. The zero-order valence-electron chi connectivity index (χ0n) is 20.0. The van der Waals surface area contributed by atoms with Crippen molar-refractivity contribution in [1.29, 1.82) is 0 Å². The topological polar surface area (TPSA) is 3.24 Å². The van der Waals surface area contributed by atoms with Crippen molar-refractivity contribution in [3.63, 3.8) is 0 Å². The third-order valence-corrected chi connectivity index (χ3v) is 5.98. The van der Waals surface area contributed by atoms with E-state index < -0.39 is 0 Å². The monoisotopic (exact) mass is 419 g/mol. The number of hydrogen-bond acceptors (Lipinski definition) is 1. The van der Waals surface area contributed by atoms with Gasteiger partial charge >= 0.3 is 0 Å². The molecule has 0 aliphatic heterocycles. The van der Waals surface area contributed by atoms with Crippen LogP contribution in [0.4, 0.5) is 0 Å². The molecular formula is C30H45N. The molecule has 1 heteroatoms. The Labute approximate surface area is 192 Å². The molecule has 31 heavy (non-hydrogen) atoms. The van der Waals surface area contributed by atoms with Crippen LogP contribution in [0.5, 0.6) is 0 Å². The van der Waals surface area contributed by atoms with Crippen molar-refractivity contribution in [1.82, 2.24) is 4.90 Å². The Hall–Kier alpha value is -1.86. The molecule has 0 saturated heterocycles. The quantitative estimate of drug-likeness (QED) is 0.172. The van der Waals surface area contributed by atoms with E-state index in [9.17, 15) is 0 Å². The van der Waals surface area contributed by atoms with Gasteiger partial charge in [0, 0.05) is 13.1 Å². The smallest absolute Gasteiger partial charge is 0.0237 e. The summed E-state index contributed by atoms with van der Waals surface area (Å²) in [5.74, 6) is 0. The molecule has 0 saturated carbocycles. The minimum absolute atomic E-state index is 1.04. The Morgan fingerprint density at radius 2 is 1.00 bits per heavy atom. The zero-order chi connectivity index (χ0) is 21.8. The second-order valence-corrected chi connectivity index (χ2v) is 8.91. The van der Waals surface area contributed by atoms with Gasteiger partial charge in [-0.3, -0.25) is 4.90 Å². The number of allylic oxidation sites excluding steroid dienone is 2. The van der Waals surface area contributed by atoms with Crippen molar-refractivity contribution >= 4 is 0 Å². The van der Waals surface area contributed by atoms with Gasteiger partial charge in [0.15, 0.2) is 0 Å². The van der Waals surface area contributed by atoms with Crippen molar-refractivity contribution in [3.8, 4) is 0 Å². The molecule has 0 aliphatic rings. The maximum atomic E-state index is 2.60. The molecule has 0 amide bonds. The summed E-state index contributed by atoms with van der Waals surface area (Å²) in [5.41, 5.74) is 2.82. The molecule has 0 fully saturated rings. The molecule has 0 heterocycles. The highest BCUT2D eigenvalue weighted by Gasteiger charge is 2.07. The van der Waals surface area contributed by atoms with Crippen LogP contribution in [0.15, 0.2) is 72.8 Å². The molecule has 0 atom stereocenters. The highest BCUT2D eigenvalue weighted by molar-refractivity contribution is 5.17. The maximum absolute atomic E-state index is 2.60. The molecule has 1 nitrogen and oxygen atoms in total. The molecular weight excluding hydrogens is 374 g/mol. The van der Waals surface area contributed by atoms with Gasteiger partial charge in [-0.1, -0.05) is 125 Å². The highest BCUT2D eigenvalue weighted by Crippen LogP contribution is 2.13. The lowest BCUT2D eigenvalue weighted by Gasteiger charge is -2.22. The Morgan fingerprint density at radius 3 is 1.52 bits per heavy atom. The molecule has 2 aromatic rings. The Kier molecular flexibility index (Phi) is 14.6. The van der Waals surface area contributed by atoms with Gasteiger partial charge < -0.3 is 0 Å². The van der Waals surface area contributed by atoms with Crippen molar-refractivity contribution in [2.24, 2.45) is 0 Å². The molecule has 0 bridgehead atoms. The fraction of sp³-hybridized carbons (Fsp3) is 0.533. The van der Waals surface area contributed by atoms with Crippen molar-refractivity contribution in [2.45, 2.75) is 97.1 Å². The second kappa shape index (κ2) is 17.8. The van der Waals surface area contributed by atoms with Gasteiger partial charge in [-0.15, -0.1) is 0 Å². The van der Waals surface area contributed by atoms with Gasteiger partial charge in [0.25, 0.3) is 0 Å². The number of hydrogen-bond donors (Lipinski definition) is 0. The summed E-state index contributed by atoms with van der Waals surface area (Å²) in [7, 11) is 0. The molecule has 0 N–H and O–H groups in total. The van der Waals surface area contributed by atoms with Crippen LogP contribution < -0.4 is 0 Å². The van der Waals surface area contributed by atoms with E-state index in [2.05, 4.69) is 84.6 Å². The molecule has 0 spiro atoms. The third kappa shape index (κ3) is 13.2. The van der Waals surface area contributed by atoms with Gasteiger partial charge in [-0.2, -0.15) is 0 Å². The number of unbranched alkanes of at least 4 members (excludes halogenated alkanes) is 10. The van der Waals surface area contributed by atoms with Gasteiger partial charge in [-0.25, -0.2) is 0 Å². The van der Waals surface area contributed by atoms with Crippen LogP contribution in [-0.4, -0.2) is 11.4 Å². The number of benzene rings is 2. The minimum Gasteiger partial charge on any atom is -0.295 e. The van der Waals surface area contributed by atoms with Gasteiger partial charge in [-0.05, 0) is 49.8 Å². The average Bonchev–Trinajstić information content (AvgIpc) is 2.80. The van der Waals surface area contributed by atoms with Crippen LogP contribution in [0.3, 0.4) is 0 Å². The average molecular weight is 420 g/mol. The lowest BCUT2D eigenvalue weighted by atomic mass is 10.1.